The van der Waals surface area contributed by atoms with Crippen LogP contribution in [0.1, 0.15) is 34.6 Å². The Kier molecular flexibility index (Phi) is 7.41. The summed E-state index contributed by atoms with van der Waals surface area (Å²) in [5.41, 5.74) is 0.499. The third kappa shape index (κ3) is 5.72. The molecule has 0 saturated heterocycles. The van der Waals surface area contributed by atoms with E-state index in [0.29, 0.717) is 0 Å². The minimum atomic E-state index is -3.82. The molecule has 148 valence electrons. The van der Waals surface area contributed by atoms with Crippen LogP contribution in [0.25, 0.3) is 0 Å². The SMILES string of the molecule is C=CP(=O)(Oc1cccc(C(=O)OCC)c1)Oc1cccc(C(=O)OCC)c1. The molecule has 0 aliphatic rings. The highest BCUT2D eigenvalue weighted by Crippen LogP contribution is 2.49. The third-order valence-corrected chi connectivity index (χ3v) is 4.76. The maximum atomic E-state index is 12.9. The highest BCUT2D eigenvalue weighted by molar-refractivity contribution is 7.58. The Morgan fingerprint density at radius 1 is 0.893 bits per heavy atom. The van der Waals surface area contributed by atoms with Gasteiger partial charge in [-0.2, -0.15) is 0 Å². The van der Waals surface area contributed by atoms with Gasteiger partial charge in [0.25, 0.3) is 0 Å². The van der Waals surface area contributed by atoms with E-state index in [1.165, 1.54) is 24.3 Å². The molecule has 0 aliphatic carbocycles. The highest BCUT2D eigenvalue weighted by atomic mass is 31.2. The van der Waals surface area contributed by atoms with Crippen LogP contribution in [-0.2, 0) is 14.0 Å². The van der Waals surface area contributed by atoms with E-state index < -0.39 is 19.5 Å². The molecule has 0 heterocycles. The van der Waals surface area contributed by atoms with Crippen molar-refractivity contribution in [1.82, 2.24) is 0 Å². The van der Waals surface area contributed by atoms with Crippen LogP contribution in [0.2, 0.25) is 0 Å². The molecule has 0 radical (unpaired) electrons. The monoisotopic (exact) mass is 404 g/mol. The van der Waals surface area contributed by atoms with E-state index in [-0.39, 0.29) is 35.8 Å². The average molecular weight is 404 g/mol. The predicted octanol–water partition coefficient (Wildman–Crippen LogP) is 4.83. The van der Waals surface area contributed by atoms with E-state index in [9.17, 15) is 14.2 Å². The van der Waals surface area contributed by atoms with Gasteiger partial charge in [-0.15, -0.1) is 0 Å². The van der Waals surface area contributed by atoms with Gasteiger partial charge in [0.05, 0.1) is 24.3 Å². The molecule has 0 aromatic heterocycles. The van der Waals surface area contributed by atoms with Crippen molar-refractivity contribution in [2.75, 3.05) is 13.2 Å². The topological polar surface area (TPSA) is 88.1 Å². The molecule has 0 aliphatic heterocycles. The number of carbonyl (C=O) groups excluding carboxylic acids is 2. The maximum Gasteiger partial charge on any atom is 0.455 e. The van der Waals surface area contributed by atoms with Gasteiger partial charge in [0.1, 0.15) is 11.5 Å². The fraction of sp³-hybridized carbons (Fsp3) is 0.200. The molecule has 8 heteroatoms. The Morgan fingerprint density at radius 2 is 1.32 bits per heavy atom. The summed E-state index contributed by atoms with van der Waals surface area (Å²) < 4.78 is 33.7. The van der Waals surface area contributed by atoms with Crippen LogP contribution in [0, 0.1) is 0 Å². The summed E-state index contributed by atoms with van der Waals surface area (Å²) >= 11 is 0. The van der Waals surface area contributed by atoms with E-state index in [2.05, 4.69) is 6.58 Å². The van der Waals surface area contributed by atoms with Crippen LogP contribution in [0.5, 0.6) is 11.5 Å². The van der Waals surface area contributed by atoms with Crippen LogP contribution < -0.4 is 9.05 Å². The smallest absolute Gasteiger partial charge is 0.455 e. The lowest BCUT2D eigenvalue weighted by Crippen LogP contribution is -2.06. The van der Waals surface area contributed by atoms with Crippen molar-refractivity contribution in [3.05, 3.63) is 72.1 Å². The van der Waals surface area contributed by atoms with Crippen LogP contribution >= 0.6 is 7.60 Å². The molecule has 2 aromatic carbocycles. The van der Waals surface area contributed by atoms with E-state index in [4.69, 9.17) is 18.5 Å². The molecule has 0 N–H and O–H groups in total. The molecular weight excluding hydrogens is 383 g/mol. The lowest BCUT2D eigenvalue weighted by atomic mass is 10.2. The van der Waals surface area contributed by atoms with Gasteiger partial charge >= 0.3 is 19.5 Å². The molecule has 2 rings (SSSR count). The summed E-state index contributed by atoms with van der Waals surface area (Å²) in [6.45, 7) is 7.36. The molecule has 0 fully saturated rings. The Bertz CT molecular complexity index is 839. The van der Waals surface area contributed by atoms with Gasteiger partial charge in [-0.05, 0) is 50.2 Å². The standard InChI is InChI=1S/C20H21O7P/c1-4-24-19(21)15-9-7-11-17(13-15)26-28(23,6-3)27-18-12-8-10-16(14-18)20(22)25-5-2/h6-14H,3-5H2,1-2H3. The Hall–Kier alpha value is -3.05. The number of hydrogen-bond acceptors (Lipinski definition) is 7. The van der Waals surface area contributed by atoms with E-state index in [1.807, 2.05) is 0 Å². The zero-order valence-electron chi connectivity index (χ0n) is 15.6. The normalized spacial score (nSPS) is 10.6. The first kappa shape index (κ1) is 21.3. The van der Waals surface area contributed by atoms with Crippen LogP contribution in [0.3, 0.4) is 0 Å². The lowest BCUT2D eigenvalue weighted by Gasteiger charge is -2.17. The minimum Gasteiger partial charge on any atom is -0.462 e. The fourth-order valence-electron chi connectivity index (χ4n) is 2.18. The van der Waals surface area contributed by atoms with Crippen molar-refractivity contribution in [3.63, 3.8) is 0 Å². The summed E-state index contributed by atoms with van der Waals surface area (Å²) in [6, 6.07) is 12.1. The number of esters is 2. The van der Waals surface area contributed by atoms with Crippen molar-refractivity contribution in [3.8, 4) is 11.5 Å². The average Bonchev–Trinajstić information content (AvgIpc) is 2.68. The lowest BCUT2D eigenvalue weighted by molar-refractivity contribution is 0.0516. The van der Waals surface area contributed by atoms with Crippen molar-refractivity contribution >= 4 is 19.5 Å². The summed E-state index contributed by atoms with van der Waals surface area (Å²) in [5, 5.41) is 0. The van der Waals surface area contributed by atoms with Gasteiger partial charge in [-0.3, -0.25) is 0 Å². The van der Waals surface area contributed by atoms with Crippen LogP contribution in [0.4, 0.5) is 0 Å². The summed E-state index contributed by atoms with van der Waals surface area (Å²) in [7, 11) is -3.82. The van der Waals surface area contributed by atoms with E-state index >= 15 is 0 Å². The fourth-order valence-corrected chi connectivity index (χ4v) is 3.18. The van der Waals surface area contributed by atoms with Gasteiger partial charge in [-0.25, -0.2) is 14.2 Å². The zero-order valence-corrected chi connectivity index (χ0v) is 16.5. The van der Waals surface area contributed by atoms with Gasteiger partial charge in [0.2, 0.25) is 0 Å². The Balaban J connectivity index is 2.20. The number of hydrogen-bond donors (Lipinski definition) is 0. The molecule has 28 heavy (non-hydrogen) atoms. The molecule has 7 nitrogen and oxygen atoms in total. The Labute approximate surface area is 163 Å². The quantitative estimate of drug-likeness (QED) is 0.437. The van der Waals surface area contributed by atoms with Crippen molar-refractivity contribution in [2.45, 2.75) is 13.8 Å². The first-order chi connectivity index (χ1) is 13.4. The van der Waals surface area contributed by atoms with Gasteiger partial charge in [0.15, 0.2) is 0 Å². The molecule has 0 bridgehead atoms. The van der Waals surface area contributed by atoms with Crippen LogP contribution in [0.15, 0.2) is 60.9 Å². The van der Waals surface area contributed by atoms with Gasteiger partial charge in [-0.1, -0.05) is 18.7 Å². The number of ether oxygens (including phenoxy) is 2. The van der Waals surface area contributed by atoms with E-state index in [0.717, 1.165) is 5.82 Å². The summed E-state index contributed by atoms with van der Waals surface area (Å²) in [6.07, 6.45) is 0. The summed E-state index contributed by atoms with van der Waals surface area (Å²) in [4.78, 5) is 23.7. The largest absolute Gasteiger partial charge is 0.462 e. The number of benzene rings is 2. The van der Waals surface area contributed by atoms with Gasteiger partial charge < -0.3 is 18.5 Å². The second-order valence-corrected chi connectivity index (χ2v) is 7.21. The second kappa shape index (κ2) is 9.76. The molecular formula is C20H21O7P. The molecule has 0 amide bonds. The third-order valence-electron chi connectivity index (χ3n) is 3.38. The second-order valence-electron chi connectivity index (χ2n) is 5.40. The highest BCUT2D eigenvalue weighted by Gasteiger charge is 2.25. The number of carbonyl (C=O) groups is 2. The zero-order chi connectivity index (χ0) is 20.6. The summed E-state index contributed by atoms with van der Waals surface area (Å²) in [5.74, 6) is 0.292. The van der Waals surface area contributed by atoms with Crippen LogP contribution in [-0.4, -0.2) is 25.2 Å². The molecule has 0 atom stereocenters. The van der Waals surface area contributed by atoms with Crippen molar-refractivity contribution in [1.29, 1.82) is 0 Å². The molecule has 0 unspecified atom stereocenters. The molecule has 0 saturated carbocycles. The first-order valence-electron chi connectivity index (χ1n) is 8.57. The van der Waals surface area contributed by atoms with Crippen molar-refractivity contribution in [2.24, 2.45) is 0 Å². The molecule has 2 aromatic rings. The first-order valence-corrected chi connectivity index (χ1v) is 10.2. The molecule has 0 spiro atoms. The maximum absolute atomic E-state index is 12.9. The minimum absolute atomic E-state index is 0.148. The predicted molar refractivity (Wildman–Crippen MR) is 104 cm³/mol. The van der Waals surface area contributed by atoms with E-state index in [1.54, 1.807) is 38.1 Å². The Morgan fingerprint density at radius 3 is 1.68 bits per heavy atom. The van der Waals surface area contributed by atoms with Gasteiger partial charge in [0, 0.05) is 5.82 Å². The van der Waals surface area contributed by atoms with Crippen molar-refractivity contribution < 1.29 is 32.7 Å². The number of rotatable bonds is 9.